The maximum atomic E-state index is 5.36. The third-order valence-corrected chi connectivity index (χ3v) is 6.07. The number of ether oxygens (including phenoxy) is 1. The van der Waals surface area contributed by atoms with Crippen molar-refractivity contribution >= 4 is 47.0 Å². The molecule has 0 unspecified atom stereocenters. The fourth-order valence-electron chi connectivity index (χ4n) is 3.29. The summed E-state index contributed by atoms with van der Waals surface area (Å²) in [6.07, 6.45) is 3.96. The highest BCUT2D eigenvalue weighted by Gasteiger charge is 2.20. The van der Waals surface area contributed by atoms with E-state index < -0.39 is 0 Å². The van der Waals surface area contributed by atoms with Crippen molar-refractivity contribution in [3.8, 4) is 5.75 Å². The standard InChI is InChI=1S/C21H31N5OS.HI/c1-4-19-16-24-20(28-19)9-10-23-21(22-5-2)26-13-11-25(12-14-26)17-7-6-8-18(15-17)27-3;/h6-8,15-16H,4-5,9-14H2,1-3H3,(H,22,23);1H. The van der Waals surface area contributed by atoms with Crippen LogP contribution in [0.4, 0.5) is 5.69 Å². The van der Waals surface area contributed by atoms with Crippen LogP contribution in [0.1, 0.15) is 23.7 Å². The predicted octanol–water partition coefficient (Wildman–Crippen LogP) is 3.66. The summed E-state index contributed by atoms with van der Waals surface area (Å²) in [4.78, 5) is 15.5. The van der Waals surface area contributed by atoms with Crippen molar-refractivity contribution in [3.05, 3.63) is 40.3 Å². The molecule has 1 fully saturated rings. The molecule has 0 atom stereocenters. The van der Waals surface area contributed by atoms with Crippen LogP contribution in [0.25, 0.3) is 0 Å². The second kappa shape index (κ2) is 12.2. The Hall–Kier alpha value is -1.55. The molecule has 1 aromatic heterocycles. The summed E-state index contributed by atoms with van der Waals surface area (Å²) in [6.45, 7) is 9.82. The van der Waals surface area contributed by atoms with Crippen LogP contribution in [0, 0.1) is 0 Å². The lowest BCUT2D eigenvalue weighted by Gasteiger charge is -2.37. The molecule has 1 aromatic carbocycles. The highest BCUT2D eigenvalue weighted by Crippen LogP contribution is 2.22. The average Bonchev–Trinajstić information content (AvgIpc) is 3.21. The number of nitrogens with zero attached hydrogens (tertiary/aromatic N) is 4. The minimum absolute atomic E-state index is 0. The van der Waals surface area contributed by atoms with E-state index in [0.717, 1.165) is 63.8 Å². The first-order valence-corrected chi connectivity index (χ1v) is 10.9. The van der Waals surface area contributed by atoms with Gasteiger partial charge in [0.2, 0.25) is 0 Å². The Balaban J connectivity index is 0.00000300. The number of halogens is 1. The molecular weight excluding hydrogens is 497 g/mol. The minimum Gasteiger partial charge on any atom is -0.497 e. The van der Waals surface area contributed by atoms with E-state index in [2.05, 4.69) is 52.1 Å². The molecule has 0 bridgehead atoms. The molecule has 3 rings (SSSR count). The topological polar surface area (TPSA) is 53.0 Å². The number of aryl methyl sites for hydroxylation is 1. The van der Waals surface area contributed by atoms with Crippen LogP contribution in [-0.4, -0.2) is 62.2 Å². The van der Waals surface area contributed by atoms with E-state index in [1.165, 1.54) is 15.6 Å². The number of methoxy groups -OCH3 is 1. The van der Waals surface area contributed by atoms with Crippen molar-refractivity contribution in [2.24, 2.45) is 4.99 Å². The summed E-state index contributed by atoms with van der Waals surface area (Å²) in [5.74, 6) is 1.92. The van der Waals surface area contributed by atoms with Gasteiger partial charge >= 0.3 is 0 Å². The van der Waals surface area contributed by atoms with Crippen LogP contribution in [0.5, 0.6) is 5.75 Å². The molecule has 1 saturated heterocycles. The van der Waals surface area contributed by atoms with Crippen LogP contribution >= 0.6 is 35.3 Å². The Labute approximate surface area is 195 Å². The van der Waals surface area contributed by atoms with Crippen molar-refractivity contribution in [2.45, 2.75) is 26.7 Å². The third kappa shape index (κ3) is 6.74. The second-order valence-electron chi connectivity index (χ2n) is 6.74. The number of aliphatic imine (C=N–C) groups is 1. The SMILES string of the molecule is CCNC(=NCCc1ncc(CC)s1)N1CCN(c2cccc(OC)c2)CC1.I. The fraction of sp³-hybridized carbons (Fsp3) is 0.524. The fourth-order valence-corrected chi connectivity index (χ4v) is 4.15. The molecule has 0 amide bonds. The highest BCUT2D eigenvalue weighted by molar-refractivity contribution is 14.0. The number of hydrogen-bond donors (Lipinski definition) is 1. The van der Waals surface area contributed by atoms with Crippen LogP contribution in [-0.2, 0) is 12.8 Å². The molecule has 29 heavy (non-hydrogen) atoms. The lowest BCUT2D eigenvalue weighted by atomic mass is 10.2. The number of guanidine groups is 1. The summed E-state index contributed by atoms with van der Waals surface area (Å²) >= 11 is 1.80. The van der Waals surface area contributed by atoms with E-state index in [1.807, 2.05) is 12.3 Å². The zero-order valence-electron chi connectivity index (χ0n) is 17.6. The maximum Gasteiger partial charge on any atom is 0.194 e. The Morgan fingerprint density at radius 1 is 1.24 bits per heavy atom. The van der Waals surface area contributed by atoms with Gasteiger partial charge in [0, 0.05) is 68.5 Å². The van der Waals surface area contributed by atoms with Gasteiger partial charge in [-0.3, -0.25) is 4.99 Å². The number of rotatable bonds is 7. The third-order valence-electron chi connectivity index (χ3n) is 4.87. The molecule has 0 radical (unpaired) electrons. The summed E-state index contributed by atoms with van der Waals surface area (Å²) in [7, 11) is 1.71. The van der Waals surface area contributed by atoms with Crippen molar-refractivity contribution in [1.29, 1.82) is 0 Å². The lowest BCUT2D eigenvalue weighted by Crippen LogP contribution is -2.52. The van der Waals surface area contributed by atoms with E-state index in [1.54, 1.807) is 18.4 Å². The van der Waals surface area contributed by atoms with Gasteiger partial charge in [-0.25, -0.2) is 4.98 Å². The molecule has 0 aliphatic carbocycles. The van der Waals surface area contributed by atoms with Gasteiger partial charge in [-0.2, -0.15) is 0 Å². The predicted molar refractivity (Wildman–Crippen MR) is 133 cm³/mol. The molecule has 0 saturated carbocycles. The Bertz CT molecular complexity index is 774. The van der Waals surface area contributed by atoms with Crippen LogP contribution in [0.3, 0.4) is 0 Å². The summed E-state index contributed by atoms with van der Waals surface area (Å²) in [5.41, 5.74) is 1.22. The normalized spacial score (nSPS) is 14.5. The summed E-state index contributed by atoms with van der Waals surface area (Å²) in [6, 6.07) is 8.29. The molecule has 6 nitrogen and oxygen atoms in total. The summed E-state index contributed by atoms with van der Waals surface area (Å²) < 4.78 is 5.36. The van der Waals surface area contributed by atoms with Crippen molar-refractivity contribution in [3.63, 3.8) is 0 Å². The van der Waals surface area contributed by atoms with Gasteiger partial charge in [0.1, 0.15) is 5.75 Å². The van der Waals surface area contributed by atoms with Gasteiger partial charge in [0.05, 0.1) is 12.1 Å². The molecule has 0 spiro atoms. The molecule has 8 heteroatoms. The quantitative estimate of drug-likeness (QED) is 0.337. The van der Waals surface area contributed by atoms with Crippen LogP contribution in [0.15, 0.2) is 35.5 Å². The van der Waals surface area contributed by atoms with Crippen molar-refractivity contribution < 1.29 is 4.74 Å². The maximum absolute atomic E-state index is 5.36. The number of aromatic nitrogens is 1. The zero-order chi connectivity index (χ0) is 19.8. The largest absolute Gasteiger partial charge is 0.497 e. The molecule has 160 valence electrons. The molecule has 1 aliphatic heterocycles. The minimum atomic E-state index is 0. The first-order valence-electron chi connectivity index (χ1n) is 10.1. The average molecular weight is 529 g/mol. The highest BCUT2D eigenvalue weighted by atomic mass is 127. The number of piperazine rings is 1. The van der Waals surface area contributed by atoms with Crippen LogP contribution in [0.2, 0.25) is 0 Å². The van der Waals surface area contributed by atoms with Gasteiger partial charge in [0.25, 0.3) is 0 Å². The zero-order valence-corrected chi connectivity index (χ0v) is 20.7. The molecular formula is C21H32IN5OS. The van der Waals surface area contributed by atoms with Gasteiger partial charge in [-0.1, -0.05) is 13.0 Å². The number of benzene rings is 1. The van der Waals surface area contributed by atoms with E-state index in [-0.39, 0.29) is 24.0 Å². The van der Waals surface area contributed by atoms with Crippen LogP contribution < -0.4 is 15.0 Å². The smallest absolute Gasteiger partial charge is 0.194 e. The van der Waals surface area contributed by atoms with E-state index in [9.17, 15) is 0 Å². The lowest BCUT2D eigenvalue weighted by molar-refractivity contribution is 0.372. The molecule has 1 aliphatic rings. The number of hydrogen-bond acceptors (Lipinski definition) is 5. The van der Waals surface area contributed by atoms with E-state index >= 15 is 0 Å². The Morgan fingerprint density at radius 2 is 2.03 bits per heavy atom. The summed E-state index contributed by atoms with van der Waals surface area (Å²) in [5, 5.41) is 4.63. The van der Waals surface area contributed by atoms with Crippen molar-refractivity contribution in [2.75, 3.05) is 51.3 Å². The molecule has 2 heterocycles. The first-order chi connectivity index (χ1) is 13.7. The second-order valence-corrected chi connectivity index (χ2v) is 7.93. The van der Waals surface area contributed by atoms with Gasteiger partial charge in [-0.15, -0.1) is 35.3 Å². The number of anilines is 1. The van der Waals surface area contributed by atoms with E-state index in [0.29, 0.717) is 0 Å². The first kappa shape index (κ1) is 23.7. The Kier molecular flexibility index (Phi) is 9.99. The molecule has 2 aromatic rings. The van der Waals surface area contributed by atoms with Crippen molar-refractivity contribution in [1.82, 2.24) is 15.2 Å². The monoisotopic (exact) mass is 529 g/mol. The number of nitrogens with one attached hydrogen (secondary N) is 1. The van der Waals surface area contributed by atoms with E-state index in [4.69, 9.17) is 9.73 Å². The number of thiazole rings is 1. The van der Waals surface area contributed by atoms with Gasteiger partial charge in [-0.05, 0) is 25.5 Å². The molecule has 1 N–H and O–H groups in total. The van der Waals surface area contributed by atoms with Gasteiger partial charge < -0.3 is 19.9 Å². The van der Waals surface area contributed by atoms with Gasteiger partial charge in [0.15, 0.2) is 5.96 Å². The Morgan fingerprint density at radius 3 is 2.69 bits per heavy atom.